The number of aromatic nitrogens is 2. The van der Waals surface area contributed by atoms with E-state index < -0.39 is 0 Å². The zero-order valence-corrected chi connectivity index (χ0v) is 15.5. The van der Waals surface area contributed by atoms with Crippen LogP contribution in [0.15, 0.2) is 22.7 Å². The first kappa shape index (κ1) is 16.8. The molecule has 0 saturated heterocycles. The van der Waals surface area contributed by atoms with E-state index in [4.69, 9.17) is 9.47 Å². The van der Waals surface area contributed by atoms with Crippen LogP contribution in [0.3, 0.4) is 0 Å². The topological polar surface area (TPSA) is 65.4 Å². The SMILES string of the molecule is Cc1nn(C[C@H](C)C(=O)NCc2ccc3c(c2)OCO3)c(C)c1Br. The third-order valence-electron chi connectivity index (χ3n) is 4.09. The summed E-state index contributed by atoms with van der Waals surface area (Å²) >= 11 is 3.51. The van der Waals surface area contributed by atoms with Crippen LogP contribution in [0.1, 0.15) is 23.9 Å². The van der Waals surface area contributed by atoms with Crippen molar-refractivity contribution in [3.8, 4) is 11.5 Å². The van der Waals surface area contributed by atoms with Gasteiger partial charge in [-0.2, -0.15) is 5.10 Å². The standard InChI is InChI=1S/C17H20BrN3O3/c1-10(8-21-12(3)16(18)11(2)20-21)17(22)19-7-13-4-5-14-15(6-13)24-9-23-14/h4-6,10H,7-9H2,1-3H3,(H,19,22)/t10-/m0/s1. The number of nitrogens with one attached hydrogen (secondary N) is 1. The van der Waals surface area contributed by atoms with E-state index in [9.17, 15) is 4.79 Å². The van der Waals surface area contributed by atoms with Gasteiger partial charge in [-0.05, 0) is 47.5 Å². The summed E-state index contributed by atoms with van der Waals surface area (Å²) < 4.78 is 13.5. The fraction of sp³-hybridized carbons (Fsp3) is 0.412. The smallest absolute Gasteiger partial charge is 0.231 e. The molecule has 0 unspecified atom stereocenters. The highest BCUT2D eigenvalue weighted by Crippen LogP contribution is 2.32. The normalized spacial score (nSPS) is 13.8. The Kier molecular flexibility index (Phi) is 4.80. The Morgan fingerprint density at radius 1 is 1.38 bits per heavy atom. The van der Waals surface area contributed by atoms with Crippen LogP contribution in [0.5, 0.6) is 11.5 Å². The molecule has 1 aromatic carbocycles. The first-order valence-corrected chi connectivity index (χ1v) is 8.60. The number of rotatable bonds is 5. The number of hydrogen-bond acceptors (Lipinski definition) is 4. The monoisotopic (exact) mass is 393 g/mol. The quantitative estimate of drug-likeness (QED) is 0.847. The molecule has 6 nitrogen and oxygen atoms in total. The minimum atomic E-state index is -0.177. The van der Waals surface area contributed by atoms with E-state index >= 15 is 0 Å². The molecule has 2 heterocycles. The van der Waals surface area contributed by atoms with Gasteiger partial charge in [0.2, 0.25) is 12.7 Å². The van der Waals surface area contributed by atoms with Gasteiger partial charge in [0, 0.05) is 12.2 Å². The van der Waals surface area contributed by atoms with Crippen molar-refractivity contribution in [1.29, 1.82) is 0 Å². The summed E-state index contributed by atoms with van der Waals surface area (Å²) in [5.74, 6) is 1.29. The van der Waals surface area contributed by atoms with E-state index in [2.05, 4.69) is 26.3 Å². The lowest BCUT2D eigenvalue weighted by Crippen LogP contribution is -2.31. The Bertz CT molecular complexity index is 773. The highest BCUT2D eigenvalue weighted by atomic mass is 79.9. The van der Waals surface area contributed by atoms with E-state index in [-0.39, 0.29) is 18.6 Å². The van der Waals surface area contributed by atoms with Crippen molar-refractivity contribution in [3.05, 3.63) is 39.6 Å². The summed E-state index contributed by atoms with van der Waals surface area (Å²) in [6.07, 6.45) is 0. The first-order valence-electron chi connectivity index (χ1n) is 7.81. The van der Waals surface area contributed by atoms with Crippen molar-refractivity contribution >= 4 is 21.8 Å². The lowest BCUT2D eigenvalue weighted by Gasteiger charge is -2.13. The summed E-state index contributed by atoms with van der Waals surface area (Å²) in [4.78, 5) is 12.3. The molecule has 24 heavy (non-hydrogen) atoms. The van der Waals surface area contributed by atoms with Crippen molar-refractivity contribution < 1.29 is 14.3 Å². The van der Waals surface area contributed by atoms with Gasteiger partial charge in [-0.3, -0.25) is 9.48 Å². The highest BCUT2D eigenvalue weighted by Gasteiger charge is 2.18. The predicted molar refractivity (Wildman–Crippen MR) is 93.0 cm³/mol. The van der Waals surface area contributed by atoms with E-state index in [0.717, 1.165) is 32.9 Å². The second-order valence-electron chi connectivity index (χ2n) is 5.97. The number of hydrogen-bond donors (Lipinski definition) is 1. The molecule has 1 atom stereocenters. The molecule has 0 aliphatic carbocycles. The molecule has 1 amide bonds. The van der Waals surface area contributed by atoms with Gasteiger partial charge in [0.05, 0.1) is 22.6 Å². The Labute approximate surface area is 149 Å². The molecular formula is C17H20BrN3O3. The molecule has 1 N–H and O–H groups in total. The van der Waals surface area contributed by atoms with Crippen molar-refractivity contribution in [1.82, 2.24) is 15.1 Å². The zero-order chi connectivity index (χ0) is 17.3. The minimum absolute atomic E-state index is 0.00339. The van der Waals surface area contributed by atoms with Crippen LogP contribution in [-0.2, 0) is 17.9 Å². The molecule has 7 heteroatoms. The van der Waals surface area contributed by atoms with Gasteiger partial charge in [0.15, 0.2) is 11.5 Å². The van der Waals surface area contributed by atoms with Gasteiger partial charge in [0.25, 0.3) is 0 Å². The number of benzene rings is 1. The zero-order valence-electron chi connectivity index (χ0n) is 13.9. The maximum atomic E-state index is 12.3. The van der Waals surface area contributed by atoms with E-state index in [1.54, 1.807) is 0 Å². The summed E-state index contributed by atoms with van der Waals surface area (Å²) in [7, 11) is 0. The van der Waals surface area contributed by atoms with Crippen LogP contribution in [0.2, 0.25) is 0 Å². The van der Waals surface area contributed by atoms with Gasteiger partial charge in [0.1, 0.15) is 0 Å². The van der Waals surface area contributed by atoms with Crippen molar-refractivity contribution in [2.75, 3.05) is 6.79 Å². The third-order valence-corrected chi connectivity index (χ3v) is 5.24. The number of ether oxygens (including phenoxy) is 2. The maximum absolute atomic E-state index is 12.3. The molecule has 0 bridgehead atoms. The molecule has 0 fully saturated rings. The number of amides is 1. The van der Waals surface area contributed by atoms with Crippen LogP contribution >= 0.6 is 15.9 Å². The number of nitrogens with zero attached hydrogens (tertiary/aromatic N) is 2. The minimum Gasteiger partial charge on any atom is -0.454 e. The van der Waals surface area contributed by atoms with Crippen LogP contribution < -0.4 is 14.8 Å². The fourth-order valence-corrected chi connectivity index (χ4v) is 2.89. The number of halogens is 1. The van der Waals surface area contributed by atoms with Crippen LogP contribution in [0.4, 0.5) is 0 Å². The summed E-state index contributed by atoms with van der Waals surface area (Å²) in [5, 5.41) is 7.41. The third kappa shape index (κ3) is 3.40. The van der Waals surface area contributed by atoms with Gasteiger partial charge in [-0.25, -0.2) is 0 Å². The summed E-state index contributed by atoms with van der Waals surface area (Å²) in [6, 6.07) is 5.68. The van der Waals surface area contributed by atoms with Crippen molar-refractivity contribution in [3.63, 3.8) is 0 Å². The van der Waals surface area contributed by atoms with Crippen molar-refractivity contribution in [2.45, 2.75) is 33.9 Å². The largest absolute Gasteiger partial charge is 0.454 e. The molecule has 0 saturated carbocycles. The Morgan fingerprint density at radius 2 is 2.12 bits per heavy atom. The van der Waals surface area contributed by atoms with Gasteiger partial charge in [-0.15, -0.1) is 0 Å². The molecule has 0 radical (unpaired) electrons. The second kappa shape index (κ2) is 6.84. The number of aryl methyl sites for hydroxylation is 1. The van der Waals surface area contributed by atoms with Gasteiger partial charge in [-0.1, -0.05) is 13.0 Å². The van der Waals surface area contributed by atoms with Gasteiger partial charge < -0.3 is 14.8 Å². The molecule has 2 aromatic rings. The summed E-state index contributed by atoms with van der Waals surface area (Å²) in [6.45, 7) is 7.09. The first-order chi connectivity index (χ1) is 11.5. The van der Waals surface area contributed by atoms with Crippen LogP contribution in [0.25, 0.3) is 0 Å². The van der Waals surface area contributed by atoms with E-state index in [1.807, 2.05) is 43.7 Å². The lowest BCUT2D eigenvalue weighted by atomic mass is 10.1. The van der Waals surface area contributed by atoms with Crippen LogP contribution in [0, 0.1) is 19.8 Å². The predicted octanol–water partition coefficient (Wildman–Crippen LogP) is 2.94. The van der Waals surface area contributed by atoms with Crippen molar-refractivity contribution in [2.24, 2.45) is 5.92 Å². The molecule has 0 spiro atoms. The maximum Gasteiger partial charge on any atom is 0.231 e. The van der Waals surface area contributed by atoms with Gasteiger partial charge >= 0.3 is 0 Å². The molecule has 128 valence electrons. The number of fused-ring (bicyclic) bond motifs is 1. The Hall–Kier alpha value is -2.02. The number of carbonyl (C=O) groups is 1. The molecule has 1 aliphatic rings. The molecule has 1 aromatic heterocycles. The molecule has 3 rings (SSSR count). The van der Waals surface area contributed by atoms with Crippen LogP contribution in [-0.4, -0.2) is 22.5 Å². The fourth-order valence-electron chi connectivity index (χ4n) is 2.61. The second-order valence-corrected chi connectivity index (χ2v) is 6.77. The average molecular weight is 394 g/mol. The average Bonchev–Trinajstić information content (AvgIpc) is 3.13. The van der Waals surface area contributed by atoms with E-state index in [1.165, 1.54) is 0 Å². The molecular weight excluding hydrogens is 374 g/mol. The Morgan fingerprint density at radius 3 is 2.83 bits per heavy atom. The number of carbonyl (C=O) groups excluding carboxylic acids is 1. The lowest BCUT2D eigenvalue weighted by molar-refractivity contribution is -0.125. The summed E-state index contributed by atoms with van der Waals surface area (Å²) in [5.41, 5.74) is 2.94. The van der Waals surface area contributed by atoms with E-state index in [0.29, 0.717) is 13.1 Å². The highest BCUT2D eigenvalue weighted by molar-refractivity contribution is 9.10. The Balaban J connectivity index is 1.57. The molecule has 1 aliphatic heterocycles.